The maximum absolute atomic E-state index is 14.7. The summed E-state index contributed by atoms with van der Waals surface area (Å²) in [6, 6.07) is 15.6. The van der Waals surface area contributed by atoms with Gasteiger partial charge in [0.15, 0.2) is 0 Å². The number of fused-ring (bicyclic) bond motifs is 1. The van der Waals surface area contributed by atoms with Crippen molar-refractivity contribution in [3.8, 4) is 11.8 Å². The first-order valence-corrected chi connectivity index (χ1v) is 12.0. The molecule has 2 aliphatic rings. The van der Waals surface area contributed by atoms with E-state index in [9.17, 15) is 18.4 Å². The second-order valence-corrected chi connectivity index (χ2v) is 9.16. The van der Waals surface area contributed by atoms with E-state index in [0.29, 0.717) is 35.7 Å². The summed E-state index contributed by atoms with van der Waals surface area (Å²) in [7, 11) is 0. The van der Waals surface area contributed by atoms with Gasteiger partial charge in [-0.1, -0.05) is 12.1 Å². The predicted molar refractivity (Wildman–Crippen MR) is 132 cm³/mol. The quantitative estimate of drug-likeness (QED) is 0.405. The molecule has 2 unspecified atom stereocenters. The van der Waals surface area contributed by atoms with Gasteiger partial charge < -0.3 is 20.7 Å². The minimum atomic E-state index is -0.546. The molecule has 0 aromatic heterocycles. The Morgan fingerprint density at radius 3 is 2.78 bits per heavy atom. The van der Waals surface area contributed by atoms with Crippen molar-refractivity contribution in [1.82, 2.24) is 10.6 Å². The lowest BCUT2D eigenvalue weighted by Gasteiger charge is -2.11. The van der Waals surface area contributed by atoms with Crippen molar-refractivity contribution in [2.45, 2.75) is 32.0 Å². The Hall–Kier alpha value is -4.45. The van der Waals surface area contributed by atoms with Crippen LogP contribution in [0.25, 0.3) is 0 Å². The van der Waals surface area contributed by atoms with E-state index in [2.05, 4.69) is 16.0 Å². The van der Waals surface area contributed by atoms with Crippen molar-refractivity contribution < 1.29 is 23.1 Å². The van der Waals surface area contributed by atoms with E-state index in [1.165, 1.54) is 24.3 Å². The topological polar surface area (TPSA) is 103 Å². The van der Waals surface area contributed by atoms with E-state index in [4.69, 9.17) is 10.00 Å². The van der Waals surface area contributed by atoms with E-state index < -0.39 is 11.6 Å². The van der Waals surface area contributed by atoms with Crippen molar-refractivity contribution in [2.24, 2.45) is 5.92 Å². The molecule has 1 fully saturated rings. The molecule has 0 saturated heterocycles. The van der Waals surface area contributed by atoms with Crippen LogP contribution in [-0.4, -0.2) is 24.4 Å². The first kappa shape index (κ1) is 24.3. The number of amides is 2. The molecule has 2 amide bonds. The van der Waals surface area contributed by atoms with Crippen LogP contribution in [0.3, 0.4) is 0 Å². The number of ether oxygens (including phenoxy) is 1. The molecule has 3 N–H and O–H groups in total. The summed E-state index contributed by atoms with van der Waals surface area (Å²) in [5.74, 6) is -0.754. The highest BCUT2D eigenvalue weighted by Crippen LogP contribution is 2.34. The fourth-order valence-corrected chi connectivity index (χ4v) is 4.44. The number of nitriles is 1. The highest BCUT2D eigenvalue weighted by molar-refractivity contribution is 5.99. The predicted octanol–water partition coefficient (Wildman–Crippen LogP) is 4.28. The van der Waals surface area contributed by atoms with Gasteiger partial charge in [-0.3, -0.25) is 9.59 Å². The highest BCUT2D eigenvalue weighted by Gasteiger charge is 2.37. The monoisotopic (exact) mass is 502 g/mol. The molecule has 1 aliphatic carbocycles. The Balaban J connectivity index is 1.10. The van der Waals surface area contributed by atoms with Gasteiger partial charge in [0.05, 0.1) is 17.3 Å². The standard InChI is InChI=1S/C28H24F2N4O3/c29-22-11-18(5-6-19(22)15-37-26-3-1-2-20-21(26)14-33-28(20)36)27(35)34-25-12-17(25)8-9-32-24-7-4-16(13-31)10-23(24)30/h1-7,10-11,17,25,32H,8-9,12,14-15H2,(H,33,36)(H,34,35). The zero-order valence-corrected chi connectivity index (χ0v) is 19.8. The molecule has 1 aliphatic heterocycles. The number of rotatable bonds is 9. The van der Waals surface area contributed by atoms with Gasteiger partial charge in [-0.15, -0.1) is 0 Å². The Bertz CT molecular complexity index is 1420. The third-order valence-corrected chi connectivity index (χ3v) is 6.67. The van der Waals surface area contributed by atoms with Gasteiger partial charge in [0, 0.05) is 41.4 Å². The molecule has 1 saturated carbocycles. The van der Waals surface area contributed by atoms with Crippen LogP contribution in [0.1, 0.15) is 50.2 Å². The summed E-state index contributed by atoms with van der Waals surface area (Å²) in [5.41, 5.74) is 2.43. The van der Waals surface area contributed by atoms with Gasteiger partial charge in [-0.25, -0.2) is 8.78 Å². The van der Waals surface area contributed by atoms with Crippen molar-refractivity contribution >= 4 is 17.5 Å². The molecule has 9 heteroatoms. The second kappa shape index (κ2) is 10.3. The second-order valence-electron chi connectivity index (χ2n) is 9.16. The smallest absolute Gasteiger partial charge is 0.252 e. The van der Waals surface area contributed by atoms with Crippen LogP contribution in [0, 0.1) is 28.9 Å². The molecule has 0 bridgehead atoms. The summed E-state index contributed by atoms with van der Waals surface area (Å²) in [5, 5.41) is 17.5. The molecular weight excluding hydrogens is 478 g/mol. The Morgan fingerprint density at radius 2 is 2.00 bits per heavy atom. The van der Waals surface area contributed by atoms with Crippen molar-refractivity contribution in [2.75, 3.05) is 11.9 Å². The average molecular weight is 503 g/mol. The van der Waals surface area contributed by atoms with Crippen LogP contribution in [0.4, 0.5) is 14.5 Å². The summed E-state index contributed by atoms with van der Waals surface area (Å²) >= 11 is 0. The minimum Gasteiger partial charge on any atom is -0.488 e. The molecule has 5 rings (SSSR count). The maximum Gasteiger partial charge on any atom is 0.252 e. The molecular formula is C28H24F2N4O3. The maximum atomic E-state index is 14.7. The van der Waals surface area contributed by atoms with Crippen LogP contribution < -0.4 is 20.7 Å². The fourth-order valence-electron chi connectivity index (χ4n) is 4.44. The molecule has 3 aromatic rings. The lowest BCUT2D eigenvalue weighted by atomic mass is 10.1. The summed E-state index contributed by atoms with van der Waals surface area (Å²) < 4.78 is 34.4. The van der Waals surface area contributed by atoms with Gasteiger partial charge in [0.1, 0.15) is 24.0 Å². The zero-order valence-electron chi connectivity index (χ0n) is 19.8. The van der Waals surface area contributed by atoms with E-state index in [1.54, 1.807) is 30.3 Å². The zero-order chi connectivity index (χ0) is 25.9. The number of nitrogens with zero attached hydrogens (tertiary/aromatic N) is 1. The number of halogens is 2. The number of anilines is 1. The van der Waals surface area contributed by atoms with Crippen LogP contribution in [-0.2, 0) is 13.2 Å². The van der Waals surface area contributed by atoms with Crippen molar-refractivity contribution in [1.29, 1.82) is 5.26 Å². The number of carbonyl (C=O) groups is 2. The van der Waals surface area contributed by atoms with Crippen LogP contribution in [0.15, 0.2) is 54.6 Å². The Kier molecular flexibility index (Phi) is 6.73. The normalized spacial score (nSPS) is 17.4. The highest BCUT2D eigenvalue weighted by atomic mass is 19.1. The number of nitrogens with one attached hydrogen (secondary N) is 3. The largest absolute Gasteiger partial charge is 0.488 e. The molecule has 2 atom stereocenters. The third-order valence-electron chi connectivity index (χ3n) is 6.67. The van der Waals surface area contributed by atoms with E-state index >= 15 is 0 Å². The van der Waals surface area contributed by atoms with Gasteiger partial charge in [-0.05, 0) is 61.2 Å². The summed E-state index contributed by atoms with van der Waals surface area (Å²) in [6.07, 6.45) is 1.54. The minimum absolute atomic E-state index is 0.0114. The molecule has 0 radical (unpaired) electrons. The van der Waals surface area contributed by atoms with Crippen LogP contribution >= 0.6 is 0 Å². The third kappa shape index (κ3) is 5.38. The first-order valence-electron chi connectivity index (χ1n) is 12.0. The molecule has 37 heavy (non-hydrogen) atoms. The van der Waals surface area contributed by atoms with Gasteiger partial charge in [0.25, 0.3) is 11.8 Å². The molecule has 0 spiro atoms. The van der Waals surface area contributed by atoms with E-state index in [-0.39, 0.29) is 41.5 Å². The number of hydrogen-bond donors (Lipinski definition) is 3. The van der Waals surface area contributed by atoms with Gasteiger partial charge in [-0.2, -0.15) is 5.26 Å². The van der Waals surface area contributed by atoms with Crippen LogP contribution in [0.2, 0.25) is 0 Å². The van der Waals surface area contributed by atoms with Gasteiger partial charge in [0.2, 0.25) is 0 Å². The van der Waals surface area contributed by atoms with E-state index in [1.807, 2.05) is 6.07 Å². The molecule has 3 aromatic carbocycles. The number of hydrogen-bond acceptors (Lipinski definition) is 5. The Labute approximate surface area is 212 Å². The first-order chi connectivity index (χ1) is 17.9. The molecule has 188 valence electrons. The van der Waals surface area contributed by atoms with Crippen molar-refractivity contribution in [3.05, 3.63) is 94.0 Å². The number of benzene rings is 3. The Morgan fingerprint density at radius 1 is 1.14 bits per heavy atom. The average Bonchev–Trinajstić information content (AvgIpc) is 3.52. The molecule has 1 heterocycles. The summed E-state index contributed by atoms with van der Waals surface area (Å²) in [4.78, 5) is 24.4. The SMILES string of the molecule is N#Cc1ccc(NCCC2CC2NC(=O)c2ccc(COc3cccc4c3CNC4=O)c(F)c2)c(F)c1. The summed E-state index contributed by atoms with van der Waals surface area (Å²) in [6.45, 7) is 0.865. The van der Waals surface area contributed by atoms with Gasteiger partial charge >= 0.3 is 0 Å². The fraction of sp³-hybridized carbons (Fsp3) is 0.250. The van der Waals surface area contributed by atoms with Crippen LogP contribution in [0.5, 0.6) is 5.75 Å². The molecule has 7 nitrogen and oxygen atoms in total. The number of carbonyl (C=O) groups excluding carboxylic acids is 2. The van der Waals surface area contributed by atoms with Crippen molar-refractivity contribution in [3.63, 3.8) is 0 Å². The lowest BCUT2D eigenvalue weighted by molar-refractivity contribution is 0.0945. The lowest BCUT2D eigenvalue weighted by Crippen LogP contribution is -2.27. The van der Waals surface area contributed by atoms with E-state index in [0.717, 1.165) is 18.4 Å².